The first kappa shape index (κ1) is 17.3. The molecule has 6 nitrogen and oxygen atoms in total. The molecule has 2 heterocycles. The molecule has 2 aromatic carbocycles. The van der Waals surface area contributed by atoms with E-state index in [4.69, 9.17) is 9.72 Å². The Bertz CT molecular complexity index is 1150. The maximum atomic E-state index is 13.0. The van der Waals surface area contributed by atoms with Gasteiger partial charge >= 0.3 is 0 Å². The molecule has 3 aromatic rings. The van der Waals surface area contributed by atoms with Gasteiger partial charge in [-0.15, -0.1) is 0 Å². The zero-order valence-corrected chi connectivity index (χ0v) is 15.9. The fourth-order valence-electron chi connectivity index (χ4n) is 3.70. The van der Waals surface area contributed by atoms with Crippen molar-refractivity contribution in [1.29, 1.82) is 0 Å². The molecule has 4 rings (SSSR count). The zero-order valence-electron chi connectivity index (χ0n) is 15.9. The van der Waals surface area contributed by atoms with Crippen molar-refractivity contribution in [3.05, 3.63) is 62.9 Å². The van der Waals surface area contributed by atoms with Crippen molar-refractivity contribution in [3.8, 4) is 5.75 Å². The molecule has 1 aliphatic heterocycles. The highest BCUT2D eigenvalue weighted by Crippen LogP contribution is 2.30. The molecule has 0 saturated carbocycles. The first-order valence-corrected chi connectivity index (χ1v) is 8.82. The lowest BCUT2D eigenvalue weighted by Gasteiger charge is -2.20. The molecule has 1 aromatic heterocycles. The van der Waals surface area contributed by atoms with Gasteiger partial charge in [0.15, 0.2) is 5.78 Å². The van der Waals surface area contributed by atoms with Crippen LogP contribution in [-0.2, 0) is 20.1 Å². The summed E-state index contributed by atoms with van der Waals surface area (Å²) < 4.78 is 6.87. The fourth-order valence-corrected chi connectivity index (χ4v) is 3.70. The largest absolute Gasteiger partial charge is 0.497 e. The van der Waals surface area contributed by atoms with E-state index >= 15 is 0 Å². The van der Waals surface area contributed by atoms with E-state index < -0.39 is 0 Å². The second-order valence-corrected chi connectivity index (χ2v) is 7.03. The van der Waals surface area contributed by atoms with E-state index in [1.54, 1.807) is 30.9 Å². The minimum atomic E-state index is -0.144. The summed E-state index contributed by atoms with van der Waals surface area (Å²) in [5.41, 5.74) is 4.03. The SMILES string of the molecule is COc1ccc2c(c1)CN(c1nc3c(C(C)=O)cc(C)cc3c(=O)n1C)C2. The number of nitrogens with zero attached hydrogens (tertiary/aromatic N) is 3. The number of ketones is 1. The fraction of sp³-hybridized carbons (Fsp3) is 0.286. The summed E-state index contributed by atoms with van der Waals surface area (Å²) in [6.45, 7) is 4.68. The number of rotatable bonds is 3. The number of aromatic nitrogens is 2. The van der Waals surface area contributed by atoms with Gasteiger partial charge in [-0.1, -0.05) is 6.07 Å². The summed E-state index contributed by atoms with van der Waals surface area (Å²) in [4.78, 5) is 31.9. The van der Waals surface area contributed by atoms with E-state index in [-0.39, 0.29) is 11.3 Å². The number of carbonyl (C=O) groups excluding carboxylic acids is 1. The van der Waals surface area contributed by atoms with Crippen molar-refractivity contribution < 1.29 is 9.53 Å². The van der Waals surface area contributed by atoms with Crippen molar-refractivity contribution >= 4 is 22.6 Å². The van der Waals surface area contributed by atoms with Crippen LogP contribution in [0.4, 0.5) is 5.95 Å². The number of hydrogen-bond acceptors (Lipinski definition) is 5. The second kappa shape index (κ2) is 6.23. The van der Waals surface area contributed by atoms with Gasteiger partial charge in [-0.2, -0.15) is 0 Å². The third-order valence-electron chi connectivity index (χ3n) is 5.10. The van der Waals surface area contributed by atoms with E-state index in [9.17, 15) is 9.59 Å². The number of aryl methyl sites for hydroxylation is 1. The maximum Gasteiger partial charge on any atom is 0.262 e. The van der Waals surface area contributed by atoms with Gasteiger partial charge in [-0.05, 0) is 54.8 Å². The summed E-state index contributed by atoms with van der Waals surface area (Å²) in [5.74, 6) is 1.28. The Balaban J connectivity index is 1.87. The molecule has 0 N–H and O–H groups in total. The number of anilines is 1. The molecule has 0 spiro atoms. The number of fused-ring (bicyclic) bond motifs is 2. The van der Waals surface area contributed by atoms with Crippen LogP contribution in [0, 0.1) is 6.92 Å². The maximum absolute atomic E-state index is 13.0. The molecule has 0 radical (unpaired) electrons. The highest BCUT2D eigenvalue weighted by molar-refractivity contribution is 6.05. The standard InChI is InChI=1S/C21H21N3O3/c1-12-7-17(13(2)25)19-18(8-12)20(26)23(3)21(22-19)24-10-14-5-6-16(27-4)9-15(14)11-24/h5-9H,10-11H2,1-4H3. The van der Waals surface area contributed by atoms with Crippen LogP contribution in [0.5, 0.6) is 5.75 Å². The minimum Gasteiger partial charge on any atom is -0.497 e. The predicted molar refractivity (Wildman–Crippen MR) is 105 cm³/mol. The van der Waals surface area contributed by atoms with Crippen molar-refractivity contribution in [2.24, 2.45) is 7.05 Å². The summed E-state index contributed by atoms with van der Waals surface area (Å²) in [6.07, 6.45) is 0. The van der Waals surface area contributed by atoms with Crippen molar-refractivity contribution in [2.45, 2.75) is 26.9 Å². The second-order valence-electron chi connectivity index (χ2n) is 7.03. The molecule has 0 atom stereocenters. The number of hydrogen-bond donors (Lipinski definition) is 0. The van der Waals surface area contributed by atoms with Crippen LogP contribution in [0.25, 0.3) is 10.9 Å². The van der Waals surface area contributed by atoms with E-state index in [1.165, 1.54) is 12.5 Å². The van der Waals surface area contributed by atoms with E-state index in [1.807, 2.05) is 25.1 Å². The average Bonchev–Trinajstić information content (AvgIpc) is 3.07. The highest BCUT2D eigenvalue weighted by Gasteiger charge is 2.24. The smallest absolute Gasteiger partial charge is 0.262 e. The van der Waals surface area contributed by atoms with E-state index in [0.29, 0.717) is 35.5 Å². The van der Waals surface area contributed by atoms with Gasteiger partial charge in [-0.25, -0.2) is 4.98 Å². The lowest BCUT2D eigenvalue weighted by atomic mass is 10.0. The highest BCUT2D eigenvalue weighted by atomic mass is 16.5. The Morgan fingerprint density at radius 2 is 1.89 bits per heavy atom. The van der Waals surface area contributed by atoms with Crippen molar-refractivity contribution in [1.82, 2.24) is 9.55 Å². The number of methoxy groups -OCH3 is 1. The Kier molecular flexibility index (Phi) is 3.98. The predicted octanol–water partition coefficient (Wildman–Crippen LogP) is 2.97. The van der Waals surface area contributed by atoms with Gasteiger partial charge < -0.3 is 9.64 Å². The van der Waals surface area contributed by atoms with E-state index in [2.05, 4.69) is 4.90 Å². The normalized spacial score (nSPS) is 13.1. The Morgan fingerprint density at radius 3 is 2.59 bits per heavy atom. The Labute approximate surface area is 157 Å². The number of carbonyl (C=O) groups is 1. The van der Waals surface area contributed by atoms with Gasteiger partial charge in [0.2, 0.25) is 5.95 Å². The minimum absolute atomic E-state index is 0.0927. The molecule has 0 fully saturated rings. The van der Waals surface area contributed by atoms with Crippen molar-refractivity contribution in [3.63, 3.8) is 0 Å². The first-order valence-electron chi connectivity index (χ1n) is 8.82. The molecular formula is C21H21N3O3. The average molecular weight is 363 g/mol. The summed E-state index contributed by atoms with van der Waals surface area (Å²) in [7, 11) is 3.37. The molecule has 27 heavy (non-hydrogen) atoms. The number of Topliss-reactive ketones (excluding diaryl/α,β-unsaturated/α-hetero) is 1. The van der Waals surface area contributed by atoms with Gasteiger partial charge in [0.05, 0.1) is 18.0 Å². The van der Waals surface area contributed by atoms with Gasteiger partial charge in [0.1, 0.15) is 5.75 Å². The van der Waals surface area contributed by atoms with Crippen LogP contribution < -0.4 is 15.2 Å². The zero-order chi connectivity index (χ0) is 19.3. The van der Waals surface area contributed by atoms with Crippen LogP contribution in [0.1, 0.15) is 34.0 Å². The molecule has 6 heteroatoms. The Morgan fingerprint density at radius 1 is 1.15 bits per heavy atom. The lowest BCUT2D eigenvalue weighted by molar-refractivity contribution is 0.101. The molecule has 1 aliphatic rings. The van der Waals surface area contributed by atoms with Gasteiger partial charge in [-0.3, -0.25) is 14.2 Å². The molecule has 0 amide bonds. The molecule has 0 unspecified atom stereocenters. The third-order valence-corrected chi connectivity index (χ3v) is 5.10. The molecular weight excluding hydrogens is 342 g/mol. The molecule has 0 saturated heterocycles. The van der Waals surface area contributed by atoms with Crippen LogP contribution in [0.3, 0.4) is 0 Å². The van der Waals surface area contributed by atoms with Gasteiger partial charge in [0, 0.05) is 25.7 Å². The quantitative estimate of drug-likeness (QED) is 0.670. The van der Waals surface area contributed by atoms with Crippen LogP contribution in [-0.4, -0.2) is 22.4 Å². The first-order chi connectivity index (χ1) is 12.9. The van der Waals surface area contributed by atoms with E-state index in [0.717, 1.165) is 16.9 Å². The summed E-state index contributed by atoms with van der Waals surface area (Å²) in [6, 6.07) is 9.58. The Hall–Kier alpha value is -3.15. The number of ether oxygens (including phenoxy) is 1. The third kappa shape index (κ3) is 2.77. The lowest BCUT2D eigenvalue weighted by Crippen LogP contribution is -2.28. The molecule has 138 valence electrons. The van der Waals surface area contributed by atoms with Crippen LogP contribution >= 0.6 is 0 Å². The molecule has 0 bridgehead atoms. The molecule has 0 aliphatic carbocycles. The van der Waals surface area contributed by atoms with Crippen molar-refractivity contribution in [2.75, 3.05) is 12.0 Å². The summed E-state index contributed by atoms with van der Waals surface area (Å²) >= 11 is 0. The number of benzene rings is 2. The topological polar surface area (TPSA) is 64.4 Å². The van der Waals surface area contributed by atoms with Crippen LogP contribution in [0.15, 0.2) is 35.1 Å². The van der Waals surface area contributed by atoms with Crippen LogP contribution in [0.2, 0.25) is 0 Å². The summed E-state index contributed by atoms with van der Waals surface area (Å²) in [5, 5.41) is 0.477. The monoisotopic (exact) mass is 363 g/mol. The van der Waals surface area contributed by atoms with Gasteiger partial charge in [0.25, 0.3) is 5.56 Å².